The second-order valence-electron chi connectivity index (χ2n) is 9.50. The van der Waals surface area contributed by atoms with Crippen LogP contribution in [-0.2, 0) is 0 Å². The topological polar surface area (TPSA) is 25.8 Å². The minimum atomic E-state index is -2.02. The average Bonchev–Trinajstić information content (AvgIpc) is 2.58. The molecule has 0 saturated carbocycles. The van der Waals surface area contributed by atoms with Crippen molar-refractivity contribution in [2.24, 2.45) is 0 Å². The van der Waals surface area contributed by atoms with Gasteiger partial charge in [-0.2, -0.15) is 0 Å². The molecular formula is C26H30GeN2. The molecule has 0 spiro atoms. The van der Waals surface area contributed by atoms with Crippen LogP contribution in [0.25, 0.3) is 32.9 Å². The second-order valence-corrected chi connectivity index (χ2v) is 20.0. The Hall–Kier alpha value is -2.20. The standard InChI is InChI=1S/C26H30GeN2/c1-15-11-16(2)13-21(12-15)25-22-10-9-20-14-17(3)24(27(6,7)8)18(4)23(20)26(22)29-19(5)28-25/h9-14H,1-8H3. The number of hydrogen-bond acceptors (Lipinski definition) is 2. The van der Waals surface area contributed by atoms with Gasteiger partial charge < -0.3 is 0 Å². The number of hydrogen-bond donors (Lipinski definition) is 0. The van der Waals surface area contributed by atoms with Crippen LogP contribution in [0.3, 0.4) is 0 Å². The van der Waals surface area contributed by atoms with Crippen LogP contribution in [0, 0.1) is 34.6 Å². The molecule has 0 N–H and O–H groups in total. The predicted octanol–water partition coefficient (Wildman–Crippen LogP) is 6.54. The van der Waals surface area contributed by atoms with Gasteiger partial charge in [0.05, 0.1) is 0 Å². The molecular weight excluding hydrogens is 413 g/mol. The van der Waals surface area contributed by atoms with Gasteiger partial charge in [-0.15, -0.1) is 0 Å². The van der Waals surface area contributed by atoms with Gasteiger partial charge in [-0.05, 0) is 0 Å². The van der Waals surface area contributed by atoms with Gasteiger partial charge in [-0.3, -0.25) is 0 Å². The molecule has 0 saturated heterocycles. The number of benzene rings is 3. The Balaban J connectivity index is 2.16. The van der Waals surface area contributed by atoms with Crippen molar-refractivity contribution in [3.8, 4) is 11.3 Å². The van der Waals surface area contributed by atoms with Gasteiger partial charge in [0.15, 0.2) is 0 Å². The summed E-state index contributed by atoms with van der Waals surface area (Å²) in [4.78, 5) is 9.84. The van der Waals surface area contributed by atoms with E-state index in [1.165, 1.54) is 38.6 Å². The molecule has 3 heteroatoms. The summed E-state index contributed by atoms with van der Waals surface area (Å²) in [6.07, 6.45) is 0. The molecule has 29 heavy (non-hydrogen) atoms. The van der Waals surface area contributed by atoms with Crippen LogP contribution in [0.1, 0.15) is 28.1 Å². The van der Waals surface area contributed by atoms with Gasteiger partial charge in [0.2, 0.25) is 0 Å². The molecule has 0 aliphatic heterocycles. The first kappa shape index (κ1) is 20.1. The van der Waals surface area contributed by atoms with Crippen molar-refractivity contribution in [2.45, 2.75) is 51.9 Å². The fourth-order valence-corrected chi connectivity index (χ4v) is 10.3. The second kappa shape index (κ2) is 6.95. The van der Waals surface area contributed by atoms with E-state index < -0.39 is 13.3 Å². The third-order valence-corrected chi connectivity index (χ3v) is 10.5. The van der Waals surface area contributed by atoms with Crippen molar-refractivity contribution >= 4 is 39.3 Å². The molecule has 1 heterocycles. The quantitative estimate of drug-likeness (QED) is 0.260. The fraction of sp³-hybridized carbons (Fsp3) is 0.308. The van der Waals surface area contributed by atoms with Crippen molar-refractivity contribution in [2.75, 3.05) is 0 Å². The molecule has 0 radical (unpaired) electrons. The molecule has 0 bridgehead atoms. The summed E-state index contributed by atoms with van der Waals surface area (Å²) in [5.74, 6) is 8.27. The van der Waals surface area contributed by atoms with Crippen LogP contribution >= 0.6 is 0 Å². The molecule has 148 valence electrons. The molecule has 0 unspecified atom stereocenters. The van der Waals surface area contributed by atoms with Crippen molar-refractivity contribution in [3.63, 3.8) is 0 Å². The van der Waals surface area contributed by atoms with Crippen molar-refractivity contribution < 1.29 is 0 Å². The zero-order valence-electron chi connectivity index (χ0n) is 18.9. The normalized spacial score (nSPS) is 12.1. The number of aromatic nitrogens is 2. The van der Waals surface area contributed by atoms with Gasteiger partial charge in [-0.25, -0.2) is 0 Å². The summed E-state index contributed by atoms with van der Waals surface area (Å²) in [5.41, 5.74) is 8.69. The first-order chi connectivity index (χ1) is 13.6. The van der Waals surface area contributed by atoms with E-state index in [4.69, 9.17) is 9.97 Å². The molecule has 0 amide bonds. The maximum atomic E-state index is 4.96. The first-order valence-corrected chi connectivity index (χ1v) is 17.7. The molecule has 0 aliphatic rings. The predicted molar refractivity (Wildman–Crippen MR) is 129 cm³/mol. The van der Waals surface area contributed by atoms with Crippen LogP contribution in [0.15, 0.2) is 36.4 Å². The van der Waals surface area contributed by atoms with Crippen LogP contribution in [-0.4, -0.2) is 23.2 Å². The number of fused-ring (bicyclic) bond motifs is 3. The molecule has 0 atom stereocenters. The summed E-state index contributed by atoms with van der Waals surface area (Å²) in [6, 6.07) is 13.5. The summed E-state index contributed by atoms with van der Waals surface area (Å²) >= 11 is -2.02. The van der Waals surface area contributed by atoms with Gasteiger partial charge in [0, 0.05) is 0 Å². The first-order valence-electron chi connectivity index (χ1n) is 10.4. The summed E-state index contributed by atoms with van der Waals surface area (Å²) in [5, 5.41) is 3.74. The van der Waals surface area contributed by atoms with Gasteiger partial charge in [0.1, 0.15) is 0 Å². The van der Waals surface area contributed by atoms with E-state index in [0.717, 1.165) is 22.4 Å². The Morgan fingerprint density at radius 3 is 2.03 bits per heavy atom. The average molecular weight is 443 g/mol. The maximum absolute atomic E-state index is 4.96. The van der Waals surface area contributed by atoms with Crippen LogP contribution in [0.2, 0.25) is 17.3 Å². The number of rotatable bonds is 2. The Morgan fingerprint density at radius 1 is 0.759 bits per heavy atom. The minimum absolute atomic E-state index is 0.831. The monoisotopic (exact) mass is 444 g/mol. The molecule has 4 rings (SSSR count). The Kier molecular flexibility index (Phi) is 4.81. The van der Waals surface area contributed by atoms with E-state index in [9.17, 15) is 0 Å². The Labute approximate surface area is 176 Å². The zero-order chi connectivity index (χ0) is 21.1. The molecule has 3 aromatic carbocycles. The van der Waals surface area contributed by atoms with Crippen LogP contribution < -0.4 is 4.40 Å². The summed E-state index contributed by atoms with van der Waals surface area (Å²) in [6.45, 7) is 10.9. The van der Waals surface area contributed by atoms with Crippen molar-refractivity contribution in [1.82, 2.24) is 9.97 Å². The number of nitrogens with zero attached hydrogens (tertiary/aromatic N) is 2. The zero-order valence-corrected chi connectivity index (χ0v) is 21.0. The molecule has 1 aromatic heterocycles. The molecule has 2 nitrogen and oxygen atoms in total. The van der Waals surface area contributed by atoms with Gasteiger partial charge in [0.25, 0.3) is 0 Å². The molecule has 0 aliphatic carbocycles. The van der Waals surface area contributed by atoms with Crippen LogP contribution in [0.4, 0.5) is 0 Å². The van der Waals surface area contributed by atoms with Crippen molar-refractivity contribution in [3.05, 3.63) is 64.5 Å². The summed E-state index contributed by atoms with van der Waals surface area (Å²) < 4.78 is 1.61. The molecule has 4 aromatic rings. The summed E-state index contributed by atoms with van der Waals surface area (Å²) in [7, 11) is 0. The van der Waals surface area contributed by atoms with E-state index >= 15 is 0 Å². The van der Waals surface area contributed by atoms with E-state index in [1.54, 1.807) is 4.40 Å². The third kappa shape index (κ3) is 3.48. The number of aryl methyl sites for hydroxylation is 5. The van der Waals surface area contributed by atoms with E-state index in [2.05, 4.69) is 81.4 Å². The van der Waals surface area contributed by atoms with Crippen molar-refractivity contribution in [1.29, 1.82) is 0 Å². The molecule has 0 fully saturated rings. The van der Waals surface area contributed by atoms with Crippen LogP contribution in [0.5, 0.6) is 0 Å². The Morgan fingerprint density at radius 2 is 1.41 bits per heavy atom. The fourth-order valence-electron chi connectivity index (χ4n) is 5.05. The van der Waals surface area contributed by atoms with E-state index in [0.29, 0.717) is 0 Å². The SMILES string of the molecule is Cc1cc(C)cc(-c2nc(C)nc3c2ccc2cc(C)[c]([Ge]([CH3])([CH3])[CH3])c(C)c23)c1. The van der Waals surface area contributed by atoms with Gasteiger partial charge >= 0.3 is 177 Å². The van der Waals surface area contributed by atoms with E-state index in [1.807, 2.05) is 6.92 Å². The Bertz CT molecular complexity index is 1260. The third-order valence-electron chi connectivity index (χ3n) is 5.77. The van der Waals surface area contributed by atoms with E-state index in [-0.39, 0.29) is 0 Å². The van der Waals surface area contributed by atoms with Gasteiger partial charge in [-0.1, -0.05) is 0 Å².